The topological polar surface area (TPSA) is 92.9 Å². The zero-order valence-corrected chi connectivity index (χ0v) is 25.8. The number of ether oxygens (including phenoxy) is 1. The summed E-state index contributed by atoms with van der Waals surface area (Å²) in [6.45, 7) is 4.97. The number of aromatic nitrogens is 1. The van der Waals surface area contributed by atoms with E-state index in [2.05, 4.69) is 25.4 Å². The molecule has 0 radical (unpaired) electrons. The molecular weight excluding hydrogens is 564 g/mol. The number of anilines is 2. The molecule has 3 amide bonds. The van der Waals surface area contributed by atoms with Crippen LogP contribution in [-0.2, 0) is 11.3 Å². The number of rotatable bonds is 9. The Morgan fingerprint density at radius 1 is 1.02 bits per heavy atom. The molecule has 2 atom stereocenters. The van der Waals surface area contributed by atoms with Crippen LogP contribution in [0.15, 0.2) is 72.9 Å². The van der Waals surface area contributed by atoms with Crippen LogP contribution < -0.4 is 20.3 Å². The Kier molecular flexibility index (Phi) is 9.43. The second kappa shape index (κ2) is 13.4. The molecule has 43 heavy (non-hydrogen) atoms. The Balaban J connectivity index is 1.37. The van der Waals surface area contributed by atoms with E-state index in [1.165, 1.54) is 0 Å². The minimum atomic E-state index is -0.851. The van der Waals surface area contributed by atoms with Gasteiger partial charge >= 0.3 is 6.03 Å². The van der Waals surface area contributed by atoms with E-state index in [9.17, 15) is 9.59 Å². The van der Waals surface area contributed by atoms with E-state index in [1.54, 1.807) is 12.0 Å². The maximum atomic E-state index is 14.0. The Morgan fingerprint density at radius 3 is 2.47 bits per heavy atom. The summed E-state index contributed by atoms with van der Waals surface area (Å²) in [5.74, 6) is -0.0991. The molecular formula is C33H39ClN6O3. The van der Waals surface area contributed by atoms with Crippen LogP contribution in [0.1, 0.15) is 24.0 Å². The van der Waals surface area contributed by atoms with Gasteiger partial charge in [0.05, 0.1) is 23.5 Å². The second-order valence-electron chi connectivity index (χ2n) is 11.2. The number of carbonyl (C=O) groups is 2. The van der Waals surface area contributed by atoms with Crippen molar-refractivity contribution in [1.29, 1.82) is 0 Å². The Hall–Kier alpha value is -4.21. The Labute approximate surface area is 257 Å². The highest BCUT2D eigenvalue weighted by molar-refractivity contribution is 6.33. The highest BCUT2D eigenvalue weighted by Crippen LogP contribution is 2.31. The molecule has 1 aliphatic heterocycles. The normalized spacial score (nSPS) is 14.9. The number of nitrogens with one attached hydrogen (secondary N) is 3. The summed E-state index contributed by atoms with van der Waals surface area (Å²) >= 11 is 6.41. The first-order chi connectivity index (χ1) is 20.7. The van der Waals surface area contributed by atoms with Crippen LogP contribution >= 0.6 is 11.6 Å². The smallest absolute Gasteiger partial charge is 0.318 e. The number of nitrogens with zero attached hydrogens (tertiary/aromatic N) is 3. The van der Waals surface area contributed by atoms with Crippen molar-refractivity contribution < 1.29 is 14.3 Å². The van der Waals surface area contributed by atoms with Gasteiger partial charge in [0.2, 0.25) is 5.91 Å². The van der Waals surface area contributed by atoms with Crippen molar-refractivity contribution >= 4 is 45.8 Å². The Morgan fingerprint density at radius 2 is 1.74 bits per heavy atom. The lowest BCUT2D eigenvalue weighted by atomic mass is 9.92. The van der Waals surface area contributed by atoms with E-state index in [0.717, 1.165) is 27.7 Å². The highest BCUT2D eigenvalue weighted by atomic mass is 35.5. The average molecular weight is 603 g/mol. The van der Waals surface area contributed by atoms with Gasteiger partial charge in [-0.25, -0.2) is 4.79 Å². The van der Waals surface area contributed by atoms with Crippen molar-refractivity contribution in [1.82, 2.24) is 20.1 Å². The molecule has 0 bridgehead atoms. The van der Waals surface area contributed by atoms with Gasteiger partial charge < -0.3 is 35.1 Å². The number of urea groups is 1. The third kappa shape index (κ3) is 6.89. The lowest BCUT2D eigenvalue weighted by molar-refractivity contribution is -0.118. The fourth-order valence-corrected chi connectivity index (χ4v) is 5.93. The fraction of sp³-hybridized carbons (Fsp3) is 0.333. The van der Waals surface area contributed by atoms with Crippen molar-refractivity contribution in [2.24, 2.45) is 0 Å². The molecule has 3 aromatic carbocycles. The third-order valence-electron chi connectivity index (χ3n) is 7.95. The molecule has 0 saturated carbocycles. The van der Waals surface area contributed by atoms with Crippen LogP contribution in [0.2, 0.25) is 5.02 Å². The molecule has 1 saturated heterocycles. The second-order valence-corrected chi connectivity index (χ2v) is 11.6. The maximum Gasteiger partial charge on any atom is 0.318 e. The number of amides is 3. The molecule has 4 aromatic rings. The summed E-state index contributed by atoms with van der Waals surface area (Å²) in [4.78, 5) is 37.0. The molecule has 2 heterocycles. The van der Waals surface area contributed by atoms with Crippen LogP contribution in [0.5, 0.6) is 5.75 Å². The van der Waals surface area contributed by atoms with E-state index in [4.69, 9.17) is 16.3 Å². The van der Waals surface area contributed by atoms with Gasteiger partial charge in [0, 0.05) is 55.7 Å². The molecule has 1 aliphatic rings. The summed E-state index contributed by atoms with van der Waals surface area (Å²) in [5, 5.41) is 7.84. The summed E-state index contributed by atoms with van der Waals surface area (Å²) in [6, 6.07) is 20.3. The van der Waals surface area contributed by atoms with Gasteiger partial charge in [0.15, 0.2) is 0 Å². The van der Waals surface area contributed by atoms with Gasteiger partial charge in [0.25, 0.3) is 0 Å². The molecule has 9 nitrogen and oxygen atoms in total. The van der Waals surface area contributed by atoms with Crippen LogP contribution in [0.25, 0.3) is 10.9 Å². The van der Waals surface area contributed by atoms with Crippen molar-refractivity contribution in [3.63, 3.8) is 0 Å². The predicted molar refractivity (Wildman–Crippen MR) is 173 cm³/mol. The number of carbonyl (C=O) groups excluding carboxylic acids is 2. The lowest BCUT2D eigenvalue weighted by Gasteiger charge is -2.37. The number of benzene rings is 3. The van der Waals surface area contributed by atoms with Gasteiger partial charge in [-0.1, -0.05) is 54.9 Å². The minimum absolute atomic E-state index is 0.279. The SMILES string of the molecule is COc1ccc(CN(C)C)cc1NC(=O)[C@H](NC(=O)N1CCN(c2ccccc2Cl)CC1)[C@H](C)c1c[nH]c2ccccc12. The van der Waals surface area contributed by atoms with E-state index < -0.39 is 6.04 Å². The number of methoxy groups -OCH3 is 1. The predicted octanol–water partition coefficient (Wildman–Crippen LogP) is 5.53. The van der Waals surface area contributed by atoms with E-state index >= 15 is 0 Å². The zero-order chi connectivity index (χ0) is 30.5. The van der Waals surface area contributed by atoms with Crippen molar-refractivity contribution in [2.75, 3.05) is 57.6 Å². The number of para-hydroxylation sites is 2. The Bertz CT molecular complexity index is 1580. The lowest BCUT2D eigenvalue weighted by Crippen LogP contribution is -2.56. The largest absolute Gasteiger partial charge is 0.495 e. The molecule has 1 fully saturated rings. The third-order valence-corrected chi connectivity index (χ3v) is 8.27. The standard InChI is InChI=1S/C33H39ClN6O3/c1-22(25-20-35-27-11-7-5-9-24(25)27)31(32(41)36-28-19-23(21-38(2)3)13-14-30(28)43-4)37-33(42)40-17-15-39(16-18-40)29-12-8-6-10-26(29)34/h5-14,19-20,22,31,35H,15-18,21H2,1-4H3,(H,36,41)(H,37,42)/t22-,31-/m1/s1. The van der Waals surface area contributed by atoms with Crippen molar-refractivity contribution in [2.45, 2.75) is 25.4 Å². The van der Waals surface area contributed by atoms with Crippen LogP contribution in [0.3, 0.4) is 0 Å². The summed E-state index contributed by atoms with van der Waals surface area (Å²) < 4.78 is 5.56. The molecule has 0 unspecified atom stereocenters. The van der Waals surface area contributed by atoms with Gasteiger partial charge in [-0.3, -0.25) is 4.79 Å². The van der Waals surface area contributed by atoms with Crippen LogP contribution in [0.4, 0.5) is 16.2 Å². The van der Waals surface area contributed by atoms with Crippen LogP contribution in [0, 0.1) is 0 Å². The molecule has 0 aliphatic carbocycles. The highest BCUT2D eigenvalue weighted by Gasteiger charge is 2.32. The molecule has 3 N–H and O–H groups in total. The monoisotopic (exact) mass is 602 g/mol. The number of hydrogen-bond donors (Lipinski definition) is 3. The number of H-pyrrole nitrogens is 1. The molecule has 226 valence electrons. The fourth-order valence-electron chi connectivity index (χ4n) is 5.68. The summed E-state index contributed by atoms with van der Waals surface area (Å²) in [7, 11) is 5.56. The zero-order valence-electron chi connectivity index (χ0n) is 25.1. The molecule has 10 heteroatoms. The van der Waals surface area contributed by atoms with Gasteiger partial charge in [-0.2, -0.15) is 0 Å². The number of aromatic amines is 1. The molecule has 0 spiro atoms. The minimum Gasteiger partial charge on any atom is -0.495 e. The number of fused-ring (bicyclic) bond motifs is 1. The van der Waals surface area contributed by atoms with Crippen LogP contribution in [-0.4, -0.2) is 80.1 Å². The molecule has 5 rings (SSSR count). The summed E-state index contributed by atoms with van der Waals surface area (Å²) in [5.41, 5.74) is 4.48. The van der Waals surface area contributed by atoms with Gasteiger partial charge in [0.1, 0.15) is 11.8 Å². The van der Waals surface area contributed by atoms with Gasteiger partial charge in [-0.15, -0.1) is 0 Å². The number of halogens is 1. The van der Waals surface area contributed by atoms with E-state index in [0.29, 0.717) is 49.2 Å². The quantitative estimate of drug-likeness (QED) is 0.234. The van der Waals surface area contributed by atoms with Gasteiger partial charge in [-0.05, 0) is 55.6 Å². The van der Waals surface area contributed by atoms with Crippen molar-refractivity contribution in [3.8, 4) is 5.75 Å². The first-order valence-corrected chi connectivity index (χ1v) is 14.9. The first kappa shape index (κ1) is 30.3. The van der Waals surface area contributed by atoms with Crippen molar-refractivity contribution in [3.05, 3.63) is 89.1 Å². The van der Waals surface area contributed by atoms with E-state index in [1.807, 2.05) is 93.9 Å². The number of hydrogen-bond acceptors (Lipinski definition) is 5. The summed E-state index contributed by atoms with van der Waals surface area (Å²) in [6.07, 6.45) is 1.92. The first-order valence-electron chi connectivity index (χ1n) is 14.5. The van der Waals surface area contributed by atoms with E-state index in [-0.39, 0.29) is 17.9 Å². The average Bonchev–Trinajstić information content (AvgIpc) is 3.44. The molecule has 1 aromatic heterocycles. The number of piperazine rings is 1. The maximum absolute atomic E-state index is 14.0.